The number of ether oxygens (including phenoxy) is 1. The normalized spacial score (nSPS) is 11.6. The summed E-state index contributed by atoms with van der Waals surface area (Å²) < 4.78 is 8.26. The van der Waals surface area contributed by atoms with Gasteiger partial charge in [0.05, 0.1) is 17.6 Å². The summed E-state index contributed by atoms with van der Waals surface area (Å²) >= 11 is 0. The molecule has 1 aromatic heterocycles. The summed E-state index contributed by atoms with van der Waals surface area (Å²) in [4.78, 5) is 16.9. The molecule has 1 heterocycles. The largest absolute Gasteiger partial charge is 0.494 e. The number of benzene rings is 2. The molecule has 5 nitrogen and oxygen atoms in total. The van der Waals surface area contributed by atoms with Crippen molar-refractivity contribution in [3.63, 3.8) is 0 Å². The third-order valence-electron chi connectivity index (χ3n) is 5.84. The molecule has 0 aliphatic rings. The van der Waals surface area contributed by atoms with E-state index >= 15 is 0 Å². The van der Waals surface area contributed by atoms with Crippen molar-refractivity contribution in [3.05, 3.63) is 59.9 Å². The molecule has 0 bridgehead atoms. The number of imidazole rings is 1. The van der Waals surface area contributed by atoms with Crippen molar-refractivity contribution < 1.29 is 9.53 Å². The highest BCUT2D eigenvalue weighted by atomic mass is 16.5. The standard InChI is InChI=1S/C28H39N3O2/c1-22-15-17-23(18-16-22)33-21-11-10-20-31-25-13-8-7-12-24(25)30-26(31)14-6-5-9-19-29-27(32)28(2,3)4/h7-8,12-13,15-18H,5-6,9-11,14,19-21H2,1-4H3,(H,29,32). The summed E-state index contributed by atoms with van der Waals surface area (Å²) in [5, 5.41) is 3.04. The number of unbranched alkanes of at least 4 members (excludes halogenated alkanes) is 3. The lowest BCUT2D eigenvalue weighted by Gasteiger charge is -2.17. The fourth-order valence-corrected chi connectivity index (χ4v) is 3.81. The number of rotatable bonds is 12. The minimum Gasteiger partial charge on any atom is -0.494 e. The lowest BCUT2D eigenvalue weighted by Crippen LogP contribution is -2.35. The van der Waals surface area contributed by atoms with E-state index in [9.17, 15) is 4.79 Å². The first kappa shape index (κ1) is 24.8. The highest BCUT2D eigenvalue weighted by molar-refractivity contribution is 5.81. The third kappa shape index (κ3) is 7.62. The Morgan fingerprint density at radius 1 is 0.970 bits per heavy atom. The fourth-order valence-electron chi connectivity index (χ4n) is 3.81. The average molecular weight is 450 g/mol. The number of fused-ring (bicyclic) bond motifs is 1. The average Bonchev–Trinajstić information content (AvgIpc) is 3.13. The number of aromatic nitrogens is 2. The van der Waals surface area contributed by atoms with Gasteiger partial charge in [-0.1, -0.05) is 57.0 Å². The van der Waals surface area contributed by atoms with Crippen molar-refractivity contribution in [2.24, 2.45) is 5.41 Å². The van der Waals surface area contributed by atoms with Crippen LogP contribution in [0.1, 0.15) is 64.3 Å². The minimum absolute atomic E-state index is 0.121. The van der Waals surface area contributed by atoms with Crippen molar-refractivity contribution in [1.82, 2.24) is 14.9 Å². The van der Waals surface area contributed by atoms with Crippen molar-refractivity contribution >= 4 is 16.9 Å². The highest BCUT2D eigenvalue weighted by Crippen LogP contribution is 2.19. The molecule has 0 aliphatic heterocycles. The van der Waals surface area contributed by atoms with E-state index < -0.39 is 0 Å². The first-order valence-electron chi connectivity index (χ1n) is 12.3. The maximum atomic E-state index is 12.0. The van der Waals surface area contributed by atoms with Crippen LogP contribution >= 0.6 is 0 Å². The van der Waals surface area contributed by atoms with Crippen LogP contribution in [0.2, 0.25) is 0 Å². The summed E-state index contributed by atoms with van der Waals surface area (Å²) in [7, 11) is 0. The summed E-state index contributed by atoms with van der Waals surface area (Å²) in [5.74, 6) is 2.22. The van der Waals surface area contributed by atoms with Crippen molar-refractivity contribution in [3.8, 4) is 5.75 Å². The zero-order valence-corrected chi connectivity index (χ0v) is 20.7. The zero-order chi connectivity index (χ0) is 23.7. The second-order valence-electron chi connectivity index (χ2n) is 9.85. The molecule has 3 rings (SSSR count). The molecule has 0 saturated carbocycles. The molecule has 0 unspecified atom stereocenters. The Hall–Kier alpha value is -2.82. The van der Waals surface area contributed by atoms with E-state index in [1.54, 1.807) is 0 Å². The van der Waals surface area contributed by atoms with Crippen LogP contribution in [-0.2, 0) is 17.8 Å². The highest BCUT2D eigenvalue weighted by Gasteiger charge is 2.20. The SMILES string of the molecule is Cc1ccc(OCCCCn2c(CCCCCNC(=O)C(C)(C)C)nc3ccccc32)cc1. The van der Waals surface area contributed by atoms with Gasteiger partial charge < -0.3 is 14.6 Å². The van der Waals surface area contributed by atoms with Gasteiger partial charge in [0, 0.05) is 24.9 Å². The first-order chi connectivity index (χ1) is 15.8. The Morgan fingerprint density at radius 2 is 1.73 bits per heavy atom. The molecule has 0 spiro atoms. The van der Waals surface area contributed by atoms with Gasteiger partial charge in [0.2, 0.25) is 5.91 Å². The molecule has 0 radical (unpaired) electrons. The van der Waals surface area contributed by atoms with E-state index in [-0.39, 0.29) is 11.3 Å². The molecule has 33 heavy (non-hydrogen) atoms. The molecule has 178 valence electrons. The molecule has 0 saturated heterocycles. The lowest BCUT2D eigenvalue weighted by molar-refractivity contribution is -0.128. The number of amides is 1. The Labute approximate surface area is 198 Å². The maximum absolute atomic E-state index is 12.0. The van der Waals surface area contributed by atoms with Crippen LogP contribution in [0.25, 0.3) is 11.0 Å². The molecule has 3 aromatic rings. The predicted molar refractivity (Wildman–Crippen MR) is 136 cm³/mol. The second-order valence-corrected chi connectivity index (χ2v) is 9.85. The van der Waals surface area contributed by atoms with Gasteiger partial charge in [0.15, 0.2) is 0 Å². The van der Waals surface area contributed by atoms with E-state index in [0.29, 0.717) is 0 Å². The Bertz CT molecular complexity index is 1020. The Morgan fingerprint density at radius 3 is 2.48 bits per heavy atom. The van der Waals surface area contributed by atoms with Gasteiger partial charge in [-0.15, -0.1) is 0 Å². The number of aryl methyl sites for hydroxylation is 3. The van der Waals surface area contributed by atoms with Crippen LogP contribution in [0.5, 0.6) is 5.75 Å². The molecule has 0 aliphatic carbocycles. The summed E-state index contributed by atoms with van der Waals surface area (Å²) in [6.45, 7) is 10.3. The molecule has 0 atom stereocenters. The molecule has 1 N–H and O–H groups in total. The number of nitrogens with zero attached hydrogens (tertiary/aromatic N) is 2. The van der Waals surface area contributed by atoms with Crippen molar-refractivity contribution in [2.45, 2.75) is 72.8 Å². The third-order valence-corrected chi connectivity index (χ3v) is 5.84. The van der Waals surface area contributed by atoms with Crippen LogP contribution in [0.3, 0.4) is 0 Å². The van der Waals surface area contributed by atoms with E-state index in [4.69, 9.17) is 9.72 Å². The van der Waals surface area contributed by atoms with E-state index in [0.717, 1.165) is 75.3 Å². The van der Waals surface area contributed by atoms with Gasteiger partial charge in [0.25, 0.3) is 0 Å². The van der Waals surface area contributed by atoms with Crippen LogP contribution in [0.4, 0.5) is 0 Å². The van der Waals surface area contributed by atoms with Crippen LogP contribution in [-0.4, -0.2) is 28.6 Å². The molecule has 1 amide bonds. The predicted octanol–water partition coefficient (Wildman–Crippen LogP) is 6.08. The maximum Gasteiger partial charge on any atom is 0.225 e. The minimum atomic E-state index is -0.323. The number of nitrogens with one attached hydrogen (secondary N) is 1. The molecule has 0 fully saturated rings. The summed E-state index contributed by atoms with van der Waals surface area (Å²) in [5.41, 5.74) is 3.21. The zero-order valence-electron chi connectivity index (χ0n) is 20.7. The van der Waals surface area contributed by atoms with Gasteiger partial charge in [0.1, 0.15) is 11.6 Å². The van der Waals surface area contributed by atoms with Gasteiger partial charge in [-0.2, -0.15) is 0 Å². The van der Waals surface area contributed by atoms with Gasteiger partial charge in [-0.3, -0.25) is 4.79 Å². The Kier molecular flexibility index (Phi) is 8.93. The van der Waals surface area contributed by atoms with E-state index in [1.165, 1.54) is 11.1 Å². The van der Waals surface area contributed by atoms with Crippen LogP contribution in [0, 0.1) is 12.3 Å². The van der Waals surface area contributed by atoms with E-state index in [2.05, 4.69) is 53.2 Å². The quantitative estimate of drug-likeness (QED) is 0.341. The number of para-hydroxylation sites is 2. The second kappa shape index (κ2) is 11.9. The molecule has 2 aromatic carbocycles. The number of carbonyl (C=O) groups excluding carboxylic acids is 1. The number of carbonyl (C=O) groups is 1. The van der Waals surface area contributed by atoms with Gasteiger partial charge in [-0.25, -0.2) is 4.98 Å². The fraction of sp³-hybridized carbons (Fsp3) is 0.500. The van der Waals surface area contributed by atoms with Gasteiger partial charge >= 0.3 is 0 Å². The first-order valence-corrected chi connectivity index (χ1v) is 12.3. The van der Waals surface area contributed by atoms with Crippen LogP contribution in [0.15, 0.2) is 48.5 Å². The number of hydrogen-bond acceptors (Lipinski definition) is 3. The topological polar surface area (TPSA) is 56.1 Å². The number of hydrogen-bond donors (Lipinski definition) is 1. The lowest BCUT2D eigenvalue weighted by atomic mass is 9.96. The summed E-state index contributed by atoms with van der Waals surface area (Å²) in [6, 6.07) is 16.6. The molecule has 5 heteroatoms. The molecular weight excluding hydrogens is 410 g/mol. The smallest absolute Gasteiger partial charge is 0.225 e. The van der Waals surface area contributed by atoms with Crippen molar-refractivity contribution in [1.29, 1.82) is 0 Å². The van der Waals surface area contributed by atoms with Gasteiger partial charge in [-0.05, 0) is 56.9 Å². The monoisotopic (exact) mass is 449 g/mol. The summed E-state index contributed by atoms with van der Waals surface area (Å²) in [6.07, 6.45) is 6.18. The molecular formula is C28H39N3O2. The van der Waals surface area contributed by atoms with Crippen LogP contribution < -0.4 is 10.1 Å². The Balaban J connectivity index is 1.45. The van der Waals surface area contributed by atoms with E-state index in [1.807, 2.05) is 32.9 Å². The van der Waals surface area contributed by atoms with Crippen molar-refractivity contribution in [2.75, 3.05) is 13.2 Å².